The monoisotopic (exact) mass is 431 g/mol. The molecule has 1 atom stereocenters. The predicted molar refractivity (Wildman–Crippen MR) is 116 cm³/mol. The van der Waals surface area contributed by atoms with Crippen LogP contribution >= 0.6 is 0 Å². The van der Waals surface area contributed by atoms with Crippen LogP contribution in [-0.4, -0.2) is 43.2 Å². The molecule has 0 spiro atoms. The van der Waals surface area contributed by atoms with Crippen LogP contribution in [-0.2, 0) is 21.2 Å². The molecule has 2 aromatic rings. The number of carbonyl (C=O) groups excluding carboxylic acids is 2. The van der Waals surface area contributed by atoms with Gasteiger partial charge in [0, 0.05) is 18.2 Å². The first-order chi connectivity index (χ1) is 13.9. The van der Waals surface area contributed by atoms with Crippen molar-refractivity contribution in [3.8, 4) is 0 Å². The van der Waals surface area contributed by atoms with Gasteiger partial charge in [-0.15, -0.1) is 0 Å². The lowest BCUT2D eigenvalue weighted by Gasteiger charge is -2.30. The largest absolute Gasteiger partial charge is 0.366 e. The van der Waals surface area contributed by atoms with E-state index in [0.29, 0.717) is 12.8 Å². The summed E-state index contributed by atoms with van der Waals surface area (Å²) >= 11 is 0. The average Bonchev–Trinajstić information content (AvgIpc) is 2.67. The highest BCUT2D eigenvalue weighted by atomic mass is 32.2. The Balaban J connectivity index is 2.32. The number of hydrogen-bond donors (Lipinski definition) is 2. The smallest absolute Gasteiger partial charge is 0.248 e. The molecule has 0 heterocycles. The van der Waals surface area contributed by atoms with Gasteiger partial charge in [-0.3, -0.25) is 9.59 Å². The van der Waals surface area contributed by atoms with Crippen molar-refractivity contribution < 1.29 is 18.0 Å². The SMILES string of the molecule is CN(C(CCc1ccccc1)C(=O)NC(C)(C)C)S(=O)(=O)c1ccc(C(N)=O)cc1. The van der Waals surface area contributed by atoms with E-state index in [1.165, 1.54) is 31.3 Å². The van der Waals surface area contributed by atoms with Gasteiger partial charge in [-0.1, -0.05) is 30.3 Å². The maximum absolute atomic E-state index is 13.2. The van der Waals surface area contributed by atoms with Gasteiger partial charge < -0.3 is 11.1 Å². The molecule has 0 aromatic heterocycles. The quantitative estimate of drug-likeness (QED) is 0.668. The van der Waals surface area contributed by atoms with Crippen LogP contribution in [0, 0.1) is 0 Å². The van der Waals surface area contributed by atoms with Crippen molar-refractivity contribution in [2.24, 2.45) is 5.73 Å². The van der Waals surface area contributed by atoms with E-state index < -0.39 is 27.5 Å². The summed E-state index contributed by atoms with van der Waals surface area (Å²) in [6, 6.07) is 14.1. The predicted octanol–water partition coefficient (Wildman–Crippen LogP) is 2.32. The second kappa shape index (κ2) is 9.40. The van der Waals surface area contributed by atoms with Gasteiger partial charge in [-0.2, -0.15) is 4.31 Å². The Morgan fingerprint density at radius 1 is 1.03 bits per heavy atom. The van der Waals surface area contributed by atoms with E-state index >= 15 is 0 Å². The van der Waals surface area contributed by atoms with Gasteiger partial charge >= 0.3 is 0 Å². The van der Waals surface area contributed by atoms with E-state index in [2.05, 4.69) is 5.32 Å². The molecule has 0 aliphatic heterocycles. The lowest BCUT2D eigenvalue weighted by Crippen LogP contribution is -2.52. The Kier molecular flexibility index (Phi) is 7.39. The second-order valence-corrected chi connectivity index (χ2v) is 10.2. The number of sulfonamides is 1. The Bertz CT molecular complexity index is 981. The summed E-state index contributed by atoms with van der Waals surface area (Å²) in [5.74, 6) is -1.00. The normalized spacial score (nSPS) is 13.1. The van der Waals surface area contributed by atoms with E-state index in [1.807, 2.05) is 51.1 Å². The molecule has 2 aromatic carbocycles. The topological polar surface area (TPSA) is 110 Å². The van der Waals surface area contributed by atoms with Gasteiger partial charge in [0.25, 0.3) is 0 Å². The van der Waals surface area contributed by atoms with Crippen LogP contribution in [0.4, 0.5) is 0 Å². The molecule has 0 aliphatic rings. The van der Waals surface area contributed by atoms with Crippen LogP contribution in [0.1, 0.15) is 43.1 Å². The Morgan fingerprint density at radius 3 is 2.10 bits per heavy atom. The van der Waals surface area contributed by atoms with Gasteiger partial charge in [0.15, 0.2) is 0 Å². The van der Waals surface area contributed by atoms with Crippen molar-refractivity contribution in [3.05, 3.63) is 65.7 Å². The van der Waals surface area contributed by atoms with E-state index in [4.69, 9.17) is 5.73 Å². The minimum absolute atomic E-state index is 0.0109. The molecule has 3 N–H and O–H groups in total. The first-order valence-electron chi connectivity index (χ1n) is 9.65. The highest BCUT2D eigenvalue weighted by Crippen LogP contribution is 2.21. The third kappa shape index (κ3) is 6.14. The number of primary amides is 1. The third-order valence-corrected chi connectivity index (χ3v) is 6.49. The highest BCUT2D eigenvalue weighted by Gasteiger charge is 2.34. The molecule has 0 radical (unpaired) electrons. The number of hydrogen-bond acceptors (Lipinski definition) is 4. The molecule has 0 saturated heterocycles. The van der Waals surface area contributed by atoms with Gasteiger partial charge in [0.05, 0.1) is 4.90 Å². The summed E-state index contributed by atoms with van der Waals surface area (Å²) in [6.07, 6.45) is 0.866. The number of carbonyl (C=O) groups is 2. The zero-order valence-corrected chi connectivity index (χ0v) is 18.6. The van der Waals surface area contributed by atoms with E-state index in [0.717, 1.165) is 9.87 Å². The molecule has 2 amide bonds. The zero-order valence-electron chi connectivity index (χ0n) is 17.8. The molecule has 0 saturated carbocycles. The first kappa shape index (κ1) is 23.6. The fraction of sp³-hybridized carbons (Fsp3) is 0.364. The number of nitrogens with one attached hydrogen (secondary N) is 1. The summed E-state index contributed by atoms with van der Waals surface area (Å²) in [4.78, 5) is 24.2. The van der Waals surface area contributed by atoms with E-state index in [-0.39, 0.29) is 16.4 Å². The third-order valence-electron chi connectivity index (χ3n) is 4.60. The molecule has 8 heteroatoms. The molecule has 0 fully saturated rings. The van der Waals surface area contributed by atoms with Crippen molar-refractivity contribution in [1.82, 2.24) is 9.62 Å². The number of amides is 2. The van der Waals surface area contributed by atoms with Crippen molar-refractivity contribution in [2.45, 2.75) is 50.1 Å². The Labute approximate surface area is 178 Å². The number of benzene rings is 2. The molecule has 7 nitrogen and oxygen atoms in total. The van der Waals surface area contributed by atoms with Crippen LogP contribution in [0.3, 0.4) is 0 Å². The maximum atomic E-state index is 13.2. The summed E-state index contributed by atoms with van der Waals surface area (Å²) in [5.41, 5.74) is 5.95. The maximum Gasteiger partial charge on any atom is 0.248 e. The zero-order chi connectivity index (χ0) is 22.5. The first-order valence-corrected chi connectivity index (χ1v) is 11.1. The fourth-order valence-corrected chi connectivity index (χ4v) is 4.35. The molecule has 30 heavy (non-hydrogen) atoms. The van der Waals surface area contributed by atoms with Gasteiger partial charge in [-0.05, 0) is 63.4 Å². The number of likely N-dealkylation sites (N-methyl/N-ethyl adjacent to an activating group) is 1. The molecule has 0 bridgehead atoms. The molecular formula is C22H29N3O4S. The summed E-state index contributed by atoms with van der Waals surface area (Å²) in [6.45, 7) is 5.53. The molecular weight excluding hydrogens is 402 g/mol. The fourth-order valence-electron chi connectivity index (χ4n) is 3.00. The van der Waals surface area contributed by atoms with Crippen LogP contribution in [0.15, 0.2) is 59.5 Å². The van der Waals surface area contributed by atoms with Crippen LogP contribution in [0.5, 0.6) is 0 Å². The summed E-state index contributed by atoms with van der Waals surface area (Å²) < 4.78 is 27.4. The standard InChI is InChI=1S/C22H29N3O4S/c1-22(2,3)24-21(27)19(15-10-16-8-6-5-7-9-16)25(4)30(28,29)18-13-11-17(12-14-18)20(23)26/h5-9,11-14,19H,10,15H2,1-4H3,(H2,23,26)(H,24,27). The van der Waals surface area contributed by atoms with Crippen molar-refractivity contribution >= 4 is 21.8 Å². The van der Waals surface area contributed by atoms with Gasteiger partial charge in [0.2, 0.25) is 21.8 Å². The highest BCUT2D eigenvalue weighted by molar-refractivity contribution is 7.89. The van der Waals surface area contributed by atoms with Crippen LogP contribution in [0.2, 0.25) is 0 Å². The Hall–Kier alpha value is -2.71. The number of rotatable bonds is 8. The molecule has 2 rings (SSSR count). The van der Waals surface area contributed by atoms with Gasteiger partial charge in [-0.25, -0.2) is 8.42 Å². The van der Waals surface area contributed by atoms with E-state index in [9.17, 15) is 18.0 Å². The van der Waals surface area contributed by atoms with Crippen molar-refractivity contribution in [2.75, 3.05) is 7.05 Å². The van der Waals surface area contributed by atoms with Gasteiger partial charge in [0.1, 0.15) is 6.04 Å². The minimum atomic E-state index is -3.97. The van der Waals surface area contributed by atoms with Crippen LogP contribution < -0.4 is 11.1 Å². The Morgan fingerprint density at radius 2 is 1.60 bits per heavy atom. The molecule has 1 unspecified atom stereocenters. The van der Waals surface area contributed by atoms with Crippen molar-refractivity contribution in [1.29, 1.82) is 0 Å². The lowest BCUT2D eigenvalue weighted by atomic mass is 10.0. The van der Waals surface area contributed by atoms with E-state index in [1.54, 1.807) is 0 Å². The van der Waals surface area contributed by atoms with Crippen LogP contribution in [0.25, 0.3) is 0 Å². The minimum Gasteiger partial charge on any atom is -0.366 e. The number of nitrogens with two attached hydrogens (primary N) is 1. The summed E-state index contributed by atoms with van der Waals surface area (Å²) in [5, 5.41) is 2.88. The summed E-state index contributed by atoms with van der Waals surface area (Å²) in [7, 11) is -2.57. The van der Waals surface area contributed by atoms with Crippen molar-refractivity contribution in [3.63, 3.8) is 0 Å². The number of aryl methyl sites for hydroxylation is 1. The average molecular weight is 432 g/mol. The second-order valence-electron chi connectivity index (χ2n) is 8.19. The lowest BCUT2D eigenvalue weighted by molar-refractivity contribution is -0.126. The molecule has 0 aliphatic carbocycles. The molecule has 162 valence electrons. The number of nitrogens with zero attached hydrogens (tertiary/aromatic N) is 1.